The van der Waals surface area contributed by atoms with Crippen LogP contribution in [0.2, 0.25) is 0 Å². The average Bonchev–Trinajstić information content (AvgIpc) is 2.89. The van der Waals surface area contributed by atoms with Crippen molar-refractivity contribution in [3.05, 3.63) is 0 Å². The molecule has 4 bridgehead atoms. The van der Waals surface area contributed by atoms with E-state index in [9.17, 15) is 19.2 Å². The molecule has 148 valence electrons. The first-order valence-corrected chi connectivity index (χ1v) is 10.7. The number of halogens is 1. The maximum atomic E-state index is 12.8. The normalized spacial score (nSPS) is 37.0. The van der Waals surface area contributed by atoms with E-state index in [1.807, 2.05) is 0 Å². The SMILES string of the molecule is O=C(COC(=O)C12C[C@@H]3C[C@H](CC(Cl)(C3)C1)C2)NCCN1C(=O)CSC1=O. The van der Waals surface area contributed by atoms with Crippen molar-refractivity contribution in [2.45, 2.75) is 43.4 Å². The Kier molecular flexibility index (Phi) is 4.91. The number of rotatable bonds is 6. The summed E-state index contributed by atoms with van der Waals surface area (Å²) in [7, 11) is 0. The number of carbonyl (C=O) groups is 4. The molecule has 0 aromatic rings. The molecule has 5 fully saturated rings. The van der Waals surface area contributed by atoms with Crippen LogP contribution in [0, 0.1) is 17.3 Å². The lowest BCUT2D eigenvalue weighted by molar-refractivity contribution is -0.171. The number of hydrogen-bond acceptors (Lipinski definition) is 6. The highest BCUT2D eigenvalue weighted by molar-refractivity contribution is 8.14. The van der Waals surface area contributed by atoms with Crippen LogP contribution in [0.15, 0.2) is 0 Å². The summed E-state index contributed by atoms with van der Waals surface area (Å²) in [4.78, 5) is 48.5. The summed E-state index contributed by atoms with van der Waals surface area (Å²) in [6.45, 7) is -0.0667. The van der Waals surface area contributed by atoms with E-state index in [1.165, 1.54) is 0 Å². The third-order valence-electron chi connectivity index (χ3n) is 6.26. The molecule has 4 saturated carbocycles. The zero-order valence-electron chi connectivity index (χ0n) is 15.0. The Hall–Kier alpha value is -1.28. The molecule has 0 radical (unpaired) electrons. The van der Waals surface area contributed by atoms with Crippen molar-refractivity contribution < 1.29 is 23.9 Å². The molecule has 0 spiro atoms. The lowest BCUT2D eigenvalue weighted by Gasteiger charge is -2.58. The molecular weight excluding hydrogens is 392 g/mol. The molecular formula is C18H23ClN2O5S. The fraction of sp³-hybridized carbons (Fsp3) is 0.778. The van der Waals surface area contributed by atoms with E-state index in [2.05, 4.69) is 5.32 Å². The van der Waals surface area contributed by atoms with Crippen molar-refractivity contribution in [2.75, 3.05) is 25.4 Å². The Bertz CT molecular complexity index is 669. The van der Waals surface area contributed by atoms with E-state index in [4.69, 9.17) is 16.3 Å². The van der Waals surface area contributed by atoms with Gasteiger partial charge in [-0.2, -0.15) is 0 Å². The van der Waals surface area contributed by atoms with E-state index in [0.717, 1.165) is 48.8 Å². The highest BCUT2D eigenvalue weighted by atomic mass is 35.5. The predicted octanol–water partition coefficient (Wildman–Crippen LogP) is 1.92. The molecule has 9 heteroatoms. The second-order valence-corrected chi connectivity index (χ2v) is 10.1. The lowest BCUT2D eigenvalue weighted by atomic mass is 9.49. The van der Waals surface area contributed by atoms with Gasteiger partial charge in [-0.15, -0.1) is 11.6 Å². The first kappa shape index (κ1) is 19.1. The quantitative estimate of drug-likeness (QED) is 0.527. The molecule has 5 rings (SSSR count). The second-order valence-electron chi connectivity index (χ2n) is 8.42. The standard InChI is InChI=1S/C18H23ClN2O5S/c19-18-6-11-3-12(7-18)5-17(4-11,10-18)15(24)26-8-13(22)20-1-2-21-14(23)9-27-16(21)25/h11-12H,1-10H2,(H,20,22)/t11-,12-,17?,18?/m0/s1. The van der Waals surface area contributed by atoms with Crippen LogP contribution < -0.4 is 5.32 Å². The van der Waals surface area contributed by atoms with Crippen LogP contribution in [0.5, 0.6) is 0 Å². The van der Waals surface area contributed by atoms with E-state index >= 15 is 0 Å². The molecule has 0 unspecified atom stereocenters. The van der Waals surface area contributed by atoms with Gasteiger partial charge in [0.05, 0.1) is 11.2 Å². The van der Waals surface area contributed by atoms with Crippen LogP contribution in [-0.4, -0.2) is 58.2 Å². The number of hydrogen-bond donors (Lipinski definition) is 1. The van der Waals surface area contributed by atoms with Gasteiger partial charge in [-0.1, -0.05) is 11.8 Å². The van der Waals surface area contributed by atoms with Gasteiger partial charge in [0.25, 0.3) is 11.1 Å². The molecule has 1 saturated heterocycles. The monoisotopic (exact) mass is 414 g/mol. The molecule has 1 heterocycles. The molecule has 5 aliphatic rings. The lowest BCUT2D eigenvalue weighted by Crippen LogP contribution is -2.56. The van der Waals surface area contributed by atoms with Crippen LogP contribution in [0.3, 0.4) is 0 Å². The minimum atomic E-state index is -0.530. The number of esters is 1. The molecule has 1 aliphatic heterocycles. The zero-order chi connectivity index (χ0) is 19.2. The summed E-state index contributed by atoms with van der Waals surface area (Å²) < 4.78 is 5.34. The van der Waals surface area contributed by atoms with Crippen LogP contribution in [-0.2, 0) is 19.1 Å². The maximum absolute atomic E-state index is 12.8. The summed E-state index contributed by atoms with van der Waals surface area (Å²) in [5.74, 6) is 0.134. The molecule has 0 aromatic heterocycles. The first-order valence-electron chi connectivity index (χ1n) is 9.39. The van der Waals surface area contributed by atoms with Gasteiger partial charge < -0.3 is 10.1 Å². The Morgan fingerprint density at radius 2 is 1.93 bits per heavy atom. The van der Waals surface area contributed by atoms with Crippen molar-refractivity contribution in [3.8, 4) is 0 Å². The second kappa shape index (κ2) is 6.95. The molecule has 2 atom stereocenters. The van der Waals surface area contributed by atoms with Gasteiger partial charge in [-0.3, -0.25) is 24.1 Å². The summed E-state index contributed by atoms with van der Waals surface area (Å²) in [6.07, 6.45) is 5.38. The van der Waals surface area contributed by atoms with Crippen LogP contribution in [0.4, 0.5) is 4.79 Å². The van der Waals surface area contributed by atoms with Crippen molar-refractivity contribution in [1.29, 1.82) is 0 Å². The van der Waals surface area contributed by atoms with Gasteiger partial charge in [0.15, 0.2) is 6.61 Å². The highest BCUT2D eigenvalue weighted by Crippen LogP contribution is 2.64. The number of imide groups is 1. The fourth-order valence-corrected chi connectivity index (χ4v) is 7.07. The Balaban J connectivity index is 1.24. The Morgan fingerprint density at radius 1 is 1.22 bits per heavy atom. The van der Waals surface area contributed by atoms with Gasteiger partial charge in [-0.05, 0) is 50.4 Å². The molecule has 4 aliphatic carbocycles. The summed E-state index contributed by atoms with van der Waals surface area (Å²) in [5.41, 5.74) is -0.530. The van der Waals surface area contributed by atoms with E-state index < -0.39 is 11.3 Å². The third kappa shape index (κ3) is 3.70. The smallest absolute Gasteiger partial charge is 0.312 e. The summed E-state index contributed by atoms with van der Waals surface area (Å²) in [5, 5.41) is 2.30. The molecule has 7 nitrogen and oxygen atoms in total. The fourth-order valence-electron chi connectivity index (χ4n) is 5.63. The van der Waals surface area contributed by atoms with Gasteiger partial charge in [0, 0.05) is 18.0 Å². The molecule has 0 aromatic carbocycles. The van der Waals surface area contributed by atoms with Crippen LogP contribution in [0.25, 0.3) is 0 Å². The van der Waals surface area contributed by atoms with Gasteiger partial charge >= 0.3 is 5.97 Å². The number of thioether (sulfide) groups is 1. The minimum absolute atomic E-state index is 0.131. The van der Waals surface area contributed by atoms with E-state index in [-0.39, 0.29) is 47.4 Å². The van der Waals surface area contributed by atoms with E-state index in [1.54, 1.807) is 0 Å². The predicted molar refractivity (Wildman–Crippen MR) is 99.2 cm³/mol. The van der Waals surface area contributed by atoms with Gasteiger partial charge in [0.2, 0.25) is 5.91 Å². The molecule has 27 heavy (non-hydrogen) atoms. The molecule has 3 amide bonds. The third-order valence-corrected chi connectivity index (χ3v) is 7.56. The summed E-state index contributed by atoms with van der Waals surface area (Å²) in [6, 6.07) is 0. The largest absolute Gasteiger partial charge is 0.455 e. The van der Waals surface area contributed by atoms with Crippen molar-refractivity contribution in [3.63, 3.8) is 0 Å². The zero-order valence-corrected chi connectivity index (χ0v) is 16.6. The number of amides is 3. The molecule has 1 N–H and O–H groups in total. The number of alkyl halides is 1. The average molecular weight is 415 g/mol. The Morgan fingerprint density at radius 3 is 2.52 bits per heavy atom. The Labute approximate surface area is 166 Å². The van der Waals surface area contributed by atoms with Crippen LogP contribution >= 0.6 is 23.4 Å². The number of ether oxygens (including phenoxy) is 1. The van der Waals surface area contributed by atoms with Crippen molar-refractivity contribution in [2.24, 2.45) is 17.3 Å². The summed E-state index contributed by atoms with van der Waals surface area (Å²) >= 11 is 7.69. The maximum Gasteiger partial charge on any atom is 0.312 e. The first-order chi connectivity index (χ1) is 12.8. The van der Waals surface area contributed by atoms with Crippen molar-refractivity contribution in [1.82, 2.24) is 10.2 Å². The minimum Gasteiger partial charge on any atom is -0.455 e. The number of nitrogens with zero attached hydrogens (tertiary/aromatic N) is 1. The van der Waals surface area contributed by atoms with Crippen molar-refractivity contribution >= 4 is 46.4 Å². The topological polar surface area (TPSA) is 92.8 Å². The van der Waals surface area contributed by atoms with Crippen LogP contribution in [0.1, 0.15) is 38.5 Å². The number of carbonyl (C=O) groups excluding carboxylic acids is 4. The van der Waals surface area contributed by atoms with Gasteiger partial charge in [0.1, 0.15) is 0 Å². The highest BCUT2D eigenvalue weighted by Gasteiger charge is 2.60. The number of nitrogens with one attached hydrogen (secondary N) is 1. The van der Waals surface area contributed by atoms with E-state index in [0.29, 0.717) is 18.3 Å². The van der Waals surface area contributed by atoms with Gasteiger partial charge in [-0.25, -0.2) is 0 Å².